The molecule has 3 heteroatoms. The molecule has 1 amide bonds. The van der Waals surface area contributed by atoms with Crippen LogP contribution in [0.25, 0.3) is 0 Å². The highest BCUT2D eigenvalue weighted by Gasteiger charge is 2.35. The molecule has 0 saturated carbocycles. The minimum absolute atomic E-state index is 0.00519. The summed E-state index contributed by atoms with van der Waals surface area (Å²) in [4.78, 5) is 13.9. The summed E-state index contributed by atoms with van der Waals surface area (Å²) in [5, 5.41) is 3.36. The predicted octanol–water partition coefficient (Wildman–Crippen LogP) is 1.98. The Kier molecular flexibility index (Phi) is 4.58. The van der Waals surface area contributed by atoms with Crippen LogP contribution in [0, 0.1) is 5.92 Å². The molecule has 1 fully saturated rings. The van der Waals surface area contributed by atoms with E-state index in [9.17, 15) is 4.79 Å². The minimum Gasteiger partial charge on any atom is -0.326 e. The Morgan fingerprint density at radius 3 is 2.67 bits per heavy atom. The van der Waals surface area contributed by atoms with Crippen LogP contribution in [0.5, 0.6) is 0 Å². The van der Waals surface area contributed by atoms with Crippen molar-refractivity contribution < 1.29 is 4.79 Å². The predicted molar refractivity (Wildman–Crippen MR) is 62.5 cm³/mol. The molecule has 3 atom stereocenters. The van der Waals surface area contributed by atoms with Crippen molar-refractivity contribution in [2.45, 2.75) is 59.2 Å². The molecule has 0 aromatic rings. The van der Waals surface area contributed by atoms with E-state index in [0.29, 0.717) is 5.92 Å². The van der Waals surface area contributed by atoms with Gasteiger partial charge in [-0.3, -0.25) is 10.1 Å². The lowest BCUT2D eigenvalue weighted by Crippen LogP contribution is -2.39. The molecule has 0 radical (unpaired) electrons. The van der Waals surface area contributed by atoms with Gasteiger partial charge in [0, 0.05) is 6.54 Å². The van der Waals surface area contributed by atoms with Gasteiger partial charge in [-0.1, -0.05) is 33.6 Å². The van der Waals surface area contributed by atoms with E-state index >= 15 is 0 Å². The number of nitrogens with zero attached hydrogens (tertiary/aromatic N) is 1. The second-order valence-corrected chi connectivity index (χ2v) is 4.70. The number of carbonyl (C=O) groups excluding carboxylic acids is 1. The van der Waals surface area contributed by atoms with E-state index in [2.05, 4.69) is 26.1 Å². The normalized spacial score (nSPS) is 28.5. The van der Waals surface area contributed by atoms with Gasteiger partial charge in [0.1, 0.15) is 0 Å². The fourth-order valence-corrected chi connectivity index (χ4v) is 2.05. The zero-order valence-electron chi connectivity index (χ0n) is 10.4. The monoisotopic (exact) mass is 212 g/mol. The molecule has 88 valence electrons. The summed E-state index contributed by atoms with van der Waals surface area (Å²) in [6, 6.07) is 0.00519. The molecule has 3 nitrogen and oxygen atoms in total. The first-order valence-corrected chi connectivity index (χ1v) is 6.16. The van der Waals surface area contributed by atoms with Gasteiger partial charge in [-0.25, -0.2) is 0 Å². The molecule has 1 rings (SSSR count). The standard InChI is InChI=1S/C12H24N2O/c1-5-7-11-13-10(4)12(15)14(11)8-9(3)6-2/h9-11,13H,5-8H2,1-4H3. The summed E-state index contributed by atoms with van der Waals surface area (Å²) < 4.78 is 0. The van der Waals surface area contributed by atoms with Crippen molar-refractivity contribution >= 4 is 5.91 Å². The van der Waals surface area contributed by atoms with Gasteiger partial charge in [-0.15, -0.1) is 0 Å². The third kappa shape index (κ3) is 2.94. The number of rotatable bonds is 5. The van der Waals surface area contributed by atoms with Crippen LogP contribution in [0.2, 0.25) is 0 Å². The number of carbonyl (C=O) groups is 1. The number of nitrogens with one attached hydrogen (secondary N) is 1. The molecule has 0 aromatic carbocycles. The summed E-state index contributed by atoms with van der Waals surface area (Å²) >= 11 is 0. The average molecular weight is 212 g/mol. The van der Waals surface area contributed by atoms with Gasteiger partial charge >= 0.3 is 0 Å². The Balaban J connectivity index is 2.60. The summed E-state index contributed by atoms with van der Waals surface area (Å²) in [6.07, 6.45) is 3.59. The van der Waals surface area contributed by atoms with Crippen LogP contribution in [0.4, 0.5) is 0 Å². The van der Waals surface area contributed by atoms with Gasteiger partial charge in [0.25, 0.3) is 0 Å². The molecular weight excluding hydrogens is 188 g/mol. The largest absolute Gasteiger partial charge is 0.326 e. The van der Waals surface area contributed by atoms with Gasteiger partial charge in [0.05, 0.1) is 12.2 Å². The Morgan fingerprint density at radius 2 is 2.13 bits per heavy atom. The molecule has 1 N–H and O–H groups in total. The Morgan fingerprint density at radius 1 is 1.47 bits per heavy atom. The lowest BCUT2D eigenvalue weighted by molar-refractivity contribution is -0.130. The molecule has 0 aliphatic carbocycles. The Labute approximate surface area is 93.2 Å². The highest BCUT2D eigenvalue weighted by Crippen LogP contribution is 2.17. The SMILES string of the molecule is CCCC1NC(C)C(=O)N1CC(C)CC. The first-order valence-electron chi connectivity index (χ1n) is 6.16. The zero-order valence-corrected chi connectivity index (χ0v) is 10.4. The lowest BCUT2D eigenvalue weighted by Gasteiger charge is -2.26. The first-order chi connectivity index (χ1) is 7.10. The molecule has 15 heavy (non-hydrogen) atoms. The van der Waals surface area contributed by atoms with E-state index in [1.807, 2.05) is 11.8 Å². The van der Waals surface area contributed by atoms with E-state index in [1.54, 1.807) is 0 Å². The Bertz CT molecular complexity index is 218. The van der Waals surface area contributed by atoms with E-state index in [-0.39, 0.29) is 18.1 Å². The van der Waals surface area contributed by atoms with Crippen LogP contribution < -0.4 is 5.32 Å². The van der Waals surface area contributed by atoms with Crippen molar-refractivity contribution in [2.24, 2.45) is 5.92 Å². The van der Waals surface area contributed by atoms with Crippen LogP contribution in [0.3, 0.4) is 0 Å². The average Bonchev–Trinajstić information content (AvgIpc) is 2.46. The maximum absolute atomic E-state index is 11.9. The van der Waals surface area contributed by atoms with Crippen LogP contribution in [0.15, 0.2) is 0 Å². The van der Waals surface area contributed by atoms with Gasteiger partial charge in [0.15, 0.2) is 0 Å². The van der Waals surface area contributed by atoms with Crippen molar-refractivity contribution in [2.75, 3.05) is 6.54 Å². The maximum atomic E-state index is 11.9. The van der Waals surface area contributed by atoms with E-state index in [4.69, 9.17) is 0 Å². The molecule has 0 aromatic heterocycles. The third-order valence-corrected chi connectivity index (χ3v) is 3.24. The molecular formula is C12H24N2O. The summed E-state index contributed by atoms with van der Waals surface area (Å²) in [5.74, 6) is 0.870. The molecule has 1 aliphatic rings. The fourth-order valence-electron chi connectivity index (χ4n) is 2.05. The summed E-state index contributed by atoms with van der Waals surface area (Å²) in [7, 11) is 0. The molecule has 0 spiro atoms. The number of hydrogen-bond donors (Lipinski definition) is 1. The minimum atomic E-state index is 0.00519. The van der Waals surface area contributed by atoms with Crippen LogP contribution >= 0.6 is 0 Å². The topological polar surface area (TPSA) is 32.3 Å². The lowest BCUT2D eigenvalue weighted by atomic mass is 10.1. The van der Waals surface area contributed by atoms with E-state index in [0.717, 1.165) is 25.8 Å². The molecule has 0 bridgehead atoms. The van der Waals surface area contributed by atoms with E-state index < -0.39 is 0 Å². The maximum Gasteiger partial charge on any atom is 0.240 e. The molecule has 1 heterocycles. The van der Waals surface area contributed by atoms with E-state index in [1.165, 1.54) is 0 Å². The first kappa shape index (κ1) is 12.5. The smallest absolute Gasteiger partial charge is 0.240 e. The van der Waals surface area contributed by atoms with Crippen molar-refractivity contribution in [1.82, 2.24) is 10.2 Å². The highest BCUT2D eigenvalue weighted by molar-refractivity contribution is 5.83. The van der Waals surface area contributed by atoms with Crippen LogP contribution in [-0.2, 0) is 4.79 Å². The quantitative estimate of drug-likeness (QED) is 0.755. The van der Waals surface area contributed by atoms with Gasteiger partial charge in [-0.2, -0.15) is 0 Å². The number of hydrogen-bond acceptors (Lipinski definition) is 2. The summed E-state index contributed by atoms with van der Waals surface area (Å²) in [6.45, 7) is 9.41. The molecule has 3 unspecified atom stereocenters. The van der Waals surface area contributed by atoms with Crippen molar-refractivity contribution in [3.63, 3.8) is 0 Å². The Hall–Kier alpha value is -0.570. The second kappa shape index (κ2) is 5.50. The van der Waals surface area contributed by atoms with Gasteiger partial charge in [0.2, 0.25) is 5.91 Å². The van der Waals surface area contributed by atoms with Gasteiger partial charge in [-0.05, 0) is 19.3 Å². The van der Waals surface area contributed by atoms with Crippen LogP contribution in [-0.4, -0.2) is 29.6 Å². The van der Waals surface area contributed by atoms with Gasteiger partial charge < -0.3 is 4.90 Å². The van der Waals surface area contributed by atoms with Crippen molar-refractivity contribution in [3.8, 4) is 0 Å². The fraction of sp³-hybridized carbons (Fsp3) is 0.917. The van der Waals surface area contributed by atoms with Crippen molar-refractivity contribution in [3.05, 3.63) is 0 Å². The third-order valence-electron chi connectivity index (χ3n) is 3.24. The second-order valence-electron chi connectivity index (χ2n) is 4.70. The zero-order chi connectivity index (χ0) is 11.4. The summed E-state index contributed by atoms with van der Waals surface area (Å²) in [5.41, 5.74) is 0. The molecule has 1 saturated heterocycles. The highest BCUT2D eigenvalue weighted by atomic mass is 16.2. The molecule has 1 aliphatic heterocycles. The van der Waals surface area contributed by atoms with Crippen LogP contribution in [0.1, 0.15) is 47.0 Å². The van der Waals surface area contributed by atoms with Crippen molar-refractivity contribution in [1.29, 1.82) is 0 Å². The number of amides is 1.